The summed E-state index contributed by atoms with van der Waals surface area (Å²) in [6.45, 7) is 10.6. The van der Waals surface area contributed by atoms with Crippen LogP contribution in [0.2, 0.25) is 0 Å². The Morgan fingerprint density at radius 2 is 1.88 bits per heavy atom. The highest BCUT2D eigenvalue weighted by molar-refractivity contribution is 5.96. The van der Waals surface area contributed by atoms with Crippen molar-refractivity contribution in [2.45, 2.75) is 116 Å². The van der Waals surface area contributed by atoms with Crippen molar-refractivity contribution in [3.05, 3.63) is 47.5 Å². The minimum absolute atomic E-state index is 0.0112. The Hall–Kier alpha value is -2.18. The van der Waals surface area contributed by atoms with Crippen molar-refractivity contribution in [2.24, 2.45) is 39.7 Å². The third-order valence-electron chi connectivity index (χ3n) is 12.9. The van der Waals surface area contributed by atoms with E-state index >= 15 is 0 Å². The fourth-order valence-electron chi connectivity index (χ4n) is 10.1. The highest BCUT2D eigenvalue weighted by atomic mass is 16.6. The molecule has 2 N–H and O–H groups in total. The molecule has 1 amide bonds. The molecule has 6 nitrogen and oxygen atoms in total. The third-order valence-corrected chi connectivity index (χ3v) is 12.9. The van der Waals surface area contributed by atoms with Crippen molar-refractivity contribution < 1.29 is 19.5 Å². The number of fused-ring (bicyclic) bond motifs is 5. The number of allylic oxidation sites excluding steroid dienone is 2. The Labute approximate surface area is 259 Å². The summed E-state index contributed by atoms with van der Waals surface area (Å²) in [5.74, 6) is 2.46. The molecule has 0 unspecified atom stereocenters. The van der Waals surface area contributed by atoms with Crippen LogP contribution >= 0.6 is 0 Å². The predicted molar refractivity (Wildman–Crippen MR) is 171 cm³/mol. The number of nitrogens with one attached hydrogen (secondary N) is 1. The van der Waals surface area contributed by atoms with E-state index in [-0.39, 0.29) is 41.0 Å². The number of amides is 1. The van der Waals surface area contributed by atoms with Gasteiger partial charge in [0.05, 0.1) is 17.9 Å². The van der Waals surface area contributed by atoms with E-state index in [2.05, 4.69) is 74.6 Å². The smallest absolute Gasteiger partial charge is 0.260 e. The summed E-state index contributed by atoms with van der Waals surface area (Å²) in [4.78, 5) is 18.4. The van der Waals surface area contributed by atoms with Crippen molar-refractivity contribution in [2.75, 3.05) is 19.8 Å². The summed E-state index contributed by atoms with van der Waals surface area (Å²) in [5.41, 5.74) is 4.20. The molecular formula is C37H54N2O4. The van der Waals surface area contributed by atoms with Gasteiger partial charge in [-0.1, -0.05) is 68.8 Å². The second-order valence-corrected chi connectivity index (χ2v) is 15.3. The number of oxime groups is 1. The van der Waals surface area contributed by atoms with Crippen LogP contribution in [0.5, 0.6) is 0 Å². The van der Waals surface area contributed by atoms with Crippen molar-refractivity contribution >= 4 is 11.6 Å². The first-order valence-corrected chi connectivity index (χ1v) is 17.2. The summed E-state index contributed by atoms with van der Waals surface area (Å²) in [5, 5.41) is 18.3. The zero-order valence-electron chi connectivity index (χ0n) is 26.9. The molecule has 0 spiro atoms. The van der Waals surface area contributed by atoms with E-state index in [4.69, 9.17) is 9.57 Å². The Morgan fingerprint density at radius 3 is 2.67 bits per heavy atom. The second-order valence-electron chi connectivity index (χ2n) is 15.3. The van der Waals surface area contributed by atoms with Crippen LogP contribution in [0.4, 0.5) is 0 Å². The molecule has 8 atom stereocenters. The lowest BCUT2D eigenvalue weighted by Gasteiger charge is -2.57. The van der Waals surface area contributed by atoms with Gasteiger partial charge in [0, 0.05) is 18.6 Å². The van der Waals surface area contributed by atoms with Gasteiger partial charge in [0.2, 0.25) is 0 Å². The normalized spacial score (nSPS) is 39.9. The van der Waals surface area contributed by atoms with E-state index in [9.17, 15) is 9.90 Å². The molecule has 5 aliphatic rings. The van der Waals surface area contributed by atoms with Crippen LogP contribution in [0.25, 0.3) is 0 Å². The van der Waals surface area contributed by atoms with Gasteiger partial charge in [-0.2, -0.15) is 0 Å². The molecule has 4 aliphatic carbocycles. The van der Waals surface area contributed by atoms with E-state index in [0.717, 1.165) is 69.6 Å². The summed E-state index contributed by atoms with van der Waals surface area (Å²) < 4.78 is 6.11. The Morgan fingerprint density at radius 1 is 1.07 bits per heavy atom. The minimum atomic E-state index is -0.119. The van der Waals surface area contributed by atoms with Crippen LogP contribution in [0.1, 0.15) is 104 Å². The van der Waals surface area contributed by atoms with Crippen LogP contribution in [0, 0.1) is 34.5 Å². The molecule has 4 fully saturated rings. The standard InChI is InChI=1S/C37H54N2O4/c1-25(2)32-23-37(19-21-42-32,26-8-6-5-7-9-26)18-20-38-34(41)24-43-39-28-14-16-35(3)27(22-28)10-11-29-30-12-13-33(40)36(30,4)17-15-31(29)35/h5-9,22,25,29-33,40H,10-21,23-24H2,1-4H3,(H,38,41)/b39-28+/t29-,30-,31-,32-,33-,35-,36-,37-/m0/s1. The second kappa shape index (κ2) is 12.3. The highest BCUT2D eigenvalue weighted by Gasteiger charge is 2.58. The number of aliphatic hydroxyl groups is 1. The molecule has 6 rings (SSSR count). The Bertz CT molecular complexity index is 1210. The highest BCUT2D eigenvalue weighted by Crippen LogP contribution is 2.65. The molecule has 0 bridgehead atoms. The summed E-state index contributed by atoms with van der Waals surface area (Å²) in [6.07, 6.45) is 14.1. The number of hydrogen-bond acceptors (Lipinski definition) is 5. The zero-order chi connectivity index (χ0) is 30.2. The molecular weight excluding hydrogens is 536 g/mol. The first-order valence-electron chi connectivity index (χ1n) is 17.2. The lowest BCUT2D eigenvalue weighted by Crippen LogP contribution is -2.51. The SMILES string of the molecule is CC(C)[C@@H]1C[C@@](CCNC(=O)CO/N=C2/C=C3CC[C@H]4[C@@H]5CC[C@H](O)[C@@]5(C)CC[C@@H]4[C@@]3(C)CC2)(c2ccccc2)CCO1. The summed E-state index contributed by atoms with van der Waals surface area (Å²) in [7, 11) is 0. The van der Waals surface area contributed by atoms with Gasteiger partial charge in [-0.05, 0) is 117 Å². The van der Waals surface area contributed by atoms with Crippen molar-refractivity contribution in [1.29, 1.82) is 0 Å². The lowest BCUT2D eigenvalue weighted by molar-refractivity contribution is -0.125. The first kappa shape index (κ1) is 30.8. The fraction of sp³-hybridized carbons (Fsp3) is 0.730. The summed E-state index contributed by atoms with van der Waals surface area (Å²) in [6, 6.07) is 10.7. The van der Waals surface area contributed by atoms with E-state index < -0.39 is 0 Å². The molecule has 6 heteroatoms. The fourth-order valence-corrected chi connectivity index (χ4v) is 10.1. The van der Waals surface area contributed by atoms with Crippen LogP contribution < -0.4 is 5.32 Å². The molecule has 1 aromatic carbocycles. The van der Waals surface area contributed by atoms with E-state index in [1.54, 1.807) is 0 Å². The van der Waals surface area contributed by atoms with Crippen molar-refractivity contribution in [3.63, 3.8) is 0 Å². The van der Waals surface area contributed by atoms with Gasteiger partial charge in [-0.3, -0.25) is 4.79 Å². The largest absolute Gasteiger partial charge is 0.393 e. The van der Waals surface area contributed by atoms with E-state index in [1.807, 2.05) is 0 Å². The number of benzene rings is 1. The van der Waals surface area contributed by atoms with Crippen LogP contribution in [-0.4, -0.2) is 48.7 Å². The number of carbonyl (C=O) groups is 1. The third kappa shape index (κ3) is 5.83. The number of nitrogens with zero attached hydrogens (tertiary/aromatic N) is 1. The average molecular weight is 591 g/mol. The molecule has 0 aromatic heterocycles. The molecule has 1 aliphatic heterocycles. The predicted octanol–water partition coefficient (Wildman–Crippen LogP) is 6.96. The minimum Gasteiger partial charge on any atom is -0.393 e. The molecule has 43 heavy (non-hydrogen) atoms. The zero-order valence-corrected chi connectivity index (χ0v) is 26.9. The van der Waals surface area contributed by atoms with E-state index in [0.29, 0.717) is 24.3 Å². The van der Waals surface area contributed by atoms with Gasteiger partial charge in [0.15, 0.2) is 6.61 Å². The topological polar surface area (TPSA) is 80.2 Å². The molecule has 1 aromatic rings. The van der Waals surface area contributed by atoms with Crippen molar-refractivity contribution in [3.8, 4) is 0 Å². The maximum Gasteiger partial charge on any atom is 0.260 e. The van der Waals surface area contributed by atoms with Crippen LogP contribution in [-0.2, 0) is 19.8 Å². The number of rotatable bonds is 8. The molecule has 3 saturated carbocycles. The Kier molecular flexibility index (Phi) is 8.83. The number of aliphatic hydroxyl groups excluding tert-OH is 1. The molecule has 1 saturated heterocycles. The van der Waals surface area contributed by atoms with Crippen LogP contribution in [0.3, 0.4) is 0 Å². The molecule has 0 radical (unpaired) electrons. The van der Waals surface area contributed by atoms with E-state index in [1.165, 1.54) is 30.4 Å². The summed E-state index contributed by atoms with van der Waals surface area (Å²) >= 11 is 0. The first-order chi connectivity index (χ1) is 20.6. The molecule has 1 heterocycles. The average Bonchev–Trinajstić information content (AvgIpc) is 3.31. The van der Waals surface area contributed by atoms with Gasteiger partial charge in [0.1, 0.15) is 0 Å². The Balaban J connectivity index is 1.02. The monoisotopic (exact) mass is 590 g/mol. The number of carbonyl (C=O) groups excluding carboxylic acids is 1. The molecule has 236 valence electrons. The lowest BCUT2D eigenvalue weighted by atomic mass is 9.47. The van der Waals surface area contributed by atoms with Crippen LogP contribution in [0.15, 0.2) is 47.1 Å². The van der Waals surface area contributed by atoms with Gasteiger partial charge < -0.3 is 20.0 Å². The maximum atomic E-state index is 12.8. The van der Waals surface area contributed by atoms with Gasteiger partial charge >= 0.3 is 0 Å². The van der Waals surface area contributed by atoms with Gasteiger partial charge in [0.25, 0.3) is 5.91 Å². The maximum absolute atomic E-state index is 12.8. The quantitative estimate of drug-likeness (QED) is 0.321. The number of ether oxygens (including phenoxy) is 1. The number of hydrogen-bond donors (Lipinski definition) is 2. The van der Waals surface area contributed by atoms with Gasteiger partial charge in [-0.15, -0.1) is 0 Å². The van der Waals surface area contributed by atoms with Gasteiger partial charge in [-0.25, -0.2) is 0 Å². The van der Waals surface area contributed by atoms with Crippen molar-refractivity contribution in [1.82, 2.24) is 5.32 Å².